The molecule has 0 amide bonds. The number of aryl methyl sites for hydroxylation is 4. The quantitative estimate of drug-likeness (QED) is 0.665. The van der Waals surface area contributed by atoms with E-state index in [0.29, 0.717) is 0 Å². The third kappa shape index (κ3) is 4.24. The van der Waals surface area contributed by atoms with Gasteiger partial charge < -0.3 is 10.1 Å². The lowest BCUT2D eigenvalue weighted by atomic mass is 9.73. The molecule has 1 aliphatic heterocycles. The summed E-state index contributed by atoms with van der Waals surface area (Å²) in [7, 11) is 1.97. The first-order chi connectivity index (χ1) is 14.5. The SMILES string of the molecule is CCc1cc(-c2cc(NCC3(c4cccc(C)c4)CCOCC3)nc(C)n2)n(C)n1. The second-order valence-corrected chi connectivity index (χ2v) is 8.30. The Kier molecular flexibility index (Phi) is 5.86. The Morgan fingerprint density at radius 1 is 1.10 bits per heavy atom. The highest BCUT2D eigenvalue weighted by atomic mass is 16.5. The zero-order valence-corrected chi connectivity index (χ0v) is 18.4. The summed E-state index contributed by atoms with van der Waals surface area (Å²) in [5, 5.41) is 8.19. The first kappa shape index (κ1) is 20.5. The number of nitrogens with one attached hydrogen (secondary N) is 1. The smallest absolute Gasteiger partial charge is 0.130 e. The lowest BCUT2D eigenvalue weighted by molar-refractivity contribution is 0.0543. The Morgan fingerprint density at radius 3 is 2.60 bits per heavy atom. The maximum atomic E-state index is 5.69. The first-order valence-corrected chi connectivity index (χ1v) is 10.8. The van der Waals surface area contributed by atoms with E-state index >= 15 is 0 Å². The predicted molar refractivity (Wildman–Crippen MR) is 120 cm³/mol. The van der Waals surface area contributed by atoms with E-state index in [9.17, 15) is 0 Å². The van der Waals surface area contributed by atoms with Crippen LogP contribution in [0.5, 0.6) is 0 Å². The molecule has 1 fully saturated rings. The van der Waals surface area contributed by atoms with E-state index < -0.39 is 0 Å². The molecule has 6 nitrogen and oxygen atoms in total. The zero-order chi connectivity index (χ0) is 21.1. The molecule has 3 aromatic rings. The van der Waals surface area contributed by atoms with E-state index in [0.717, 1.165) is 67.7 Å². The van der Waals surface area contributed by atoms with E-state index in [2.05, 4.69) is 64.6 Å². The van der Waals surface area contributed by atoms with E-state index in [1.54, 1.807) is 0 Å². The molecule has 0 bridgehead atoms. The van der Waals surface area contributed by atoms with Crippen LogP contribution in [-0.2, 0) is 23.6 Å². The molecule has 4 rings (SSSR count). The molecular weight excluding hydrogens is 374 g/mol. The van der Waals surface area contributed by atoms with Gasteiger partial charge in [-0.3, -0.25) is 4.68 Å². The molecule has 1 N–H and O–H groups in total. The van der Waals surface area contributed by atoms with Crippen LogP contribution in [0.25, 0.3) is 11.4 Å². The predicted octanol–water partition coefficient (Wildman–Crippen LogP) is 4.22. The number of rotatable bonds is 6. The van der Waals surface area contributed by atoms with Gasteiger partial charge in [0.2, 0.25) is 0 Å². The van der Waals surface area contributed by atoms with Gasteiger partial charge in [-0.2, -0.15) is 5.10 Å². The van der Waals surface area contributed by atoms with Crippen molar-refractivity contribution in [1.82, 2.24) is 19.7 Å². The number of anilines is 1. The fourth-order valence-corrected chi connectivity index (χ4v) is 4.29. The van der Waals surface area contributed by atoms with Crippen LogP contribution in [0.2, 0.25) is 0 Å². The third-order valence-electron chi connectivity index (χ3n) is 6.08. The summed E-state index contributed by atoms with van der Waals surface area (Å²) in [6.45, 7) is 8.61. The molecule has 0 saturated carbocycles. The lowest BCUT2D eigenvalue weighted by Gasteiger charge is -2.38. The normalized spacial score (nSPS) is 15.9. The molecule has 0 radical (unpaired) electrons. The van der Waals surface area contributed by atoms with E-state index in [-0.39, 0.29) is 5.41 Å². The summed E-state index contributed by atoms with van der Waals surface area (Å²) in [6.07, 6.45) is 2.91. The molecule has 6 heteroatoms. The molecule has 0 atom stereocenters. The van der Waals surface area contributed by atoms with E-state index in [1.807, 2.05) is 24.7 Å². The molecule has 0 spiro atoms. The Hall–Kier alpha value is -2.73. The fourth-order valence-electron chi connectivity index (χ4n) is 4.29. The minimum Gasteiger partial charge on any atom is -0.381 e. The maximum absolute atomic E-state index is 5.69. The maximum Gasteiger partial charge on any atom is 0.130 e. The first-order valence-electron chi connectivity index (χ1n) is 10.8. The Labute approximate surface area is 178 Å². The number of aromatic nitrogens is 4. The Morgan fingerprint density at radius 2 is 1.90 bits per heavy atom. The van der Waals surface area contributed by atoms with Crippen LogP contribution >= 0.6 is 0 Å². The highest BCUT2D eigenvalue weighted by molar-refractivity contribution is 5.59. The Balaban J connectivity index is 1.61. The lowest BCUT2D eigenvalue weighted by Crippen LogP contribution is -2.40. The van der Waals surface area contributed by atoms with Crippen molar-refractivity contribution in [2.24, 2.45) is 7.05 Å². The summed E-state index contributed by atoms with van der Waals surface area (Å²) < 4.78 is 7.59. The monoisotopic (exact) mass is 405 g/mol. The van der Waals surface area contributed by atoms with Gasteiger partial charge in [0.25, 0.3) is 0 Å². The molecule has 1 aromatic carbocycles. The zero-order valence-electron chi connectivity index (χ0n) is 18.4. The molecule has 2 aromatic heterocycles. The molecule has 3 heterocycles. The van der Waals surface area contributed by atoms with Gasteiger partial charge in [-0.05, 0) is 44.7 Å². The third-order valence-corrected chi connectivity index (χ3v) is 6.08. The number of nitrogens with zero attached hydrogens (tertiary/aromatic N) is 4. The highest BCUT2D eigenvalue weighted by Crippen LogP contribution is 2.35. The molecular formula is C24H31N5O. The number of hydrogen-bond donors (Lipinski definition) is 1. The molecule has 0 unspecified atom stereocenters. The number of benzene rings is 1. The van der Waals surface area contributed by atoms with Crippen LogP contribution in [0.1, 0.15) is 42.4 Å². The largest absolute Gasteiger partial charge is 0.381 e. The van der Waals surface area contributed by atoms with Crippen molar-refractivity contribution in [3.05, 3.63) is 59.0 Å². The van der Waals surface area contributed by atoms with Crippen molar-refractivity contribution in [3.63, 3.8) is 0 Å². The van der Waals surface area contributed by atoms with Crippen LogP contribution in [0.15, 0.2) is 36.4 Å². The summed E-state index contributed by atoms with van der Waals surface area (Å²) in [4.78, 5) is 9.32. The van der Waals surface area contributed by atoms with E-state index in [4.69, 9.17) is 4.74 Å². The van der Waals surface area contributed by atoms with Gasteiger partial charge in [-0.1, -0.05) is 36.8 Å². The van der Waals surface area contributed by atoms with Gasteiger partial charge in [-0.15, -0.1) is 0 Å². The second-order valence-electron chi connectivity index (χ2n) is 8.30. The van der Waals surface area contributed by atoms with Crippen LogP contribution in [0, 0.1) is 13.8 Å². The van der Waals surface area contributed by atoms with Crippen molar-refractivity contribution >= 4 is 5.82 Å². The fraction of sp³-hybridized carbons (Fsp3) is 0.458. The topological polar surface area (TPSA) is 64.9 Å². The van der Waals surface area contributed by atoms with Gasteiger partial charge in [-0.25, -0.2) is 9.97 Å². The minimum atomic E-state index is 0.0468. The summed E-state index contributed by atoms with van der Waals surface area (Å²) >= 11 is 0. The van der Waals surface area contributed by atoms with Gasteiger partial charge in [0.1, 0.15) is 11.6 Å². The Bertz CT molecular complexity index is 1020. The summed E-state index contributed by atoms with van der Waals surface area (Å²) in [5.41, 5.74) is 5.70. The van der Waals surface area contributed by atoms with Gasteiger partial charge >= 0.3 is 0 Å². The standard InChI is InChI=1S/C24H31N5O/c1-5-20-14-22(29(4)28-20)21-15-23(27-18(3)26-21)25-16-24(9-11-30-12-10-24)19-8-6-7-17(2)13-19/h6-8,13-15H,5,9-12,16H2,1-4H3,(H,25,26,27). The molecule has 30 heavy (non-hydrogen) atoms. The van der Waals surface area contributed by atoms with Crippen LogP contribution in [-0.4, -0.2) is 39.5 Å². The minimum absolute atomic E-state index is 0.0468. The van der Waals surface area contributed by atoms with Crippen molar-refractivity contribution in [3.8, 4) is 11.4 Å². The second kappa shape index (κ2) is 8.56. The van der Waals surface area contributed by atoms with Gasteiger partial charge in [0, 0.05) is 38.3 Å². The van der Waals surface area contributed by atoms with Gasteiger partial charge in [0.05, 0.1) is 17.1 Å². The molecule has 1 saturated heterocycles. The van der Waals surface area contributed by atoms with Crippen LogP contribution < -0.4 is 5.32 Å². The molecule has 0 aliphatic carbocycles. The average molecular weight is 406 g/mol. The van der Waals surface area contributed by atoms with Crippen LogP contribution in [0.3, 0.4) is 0 Å². The van der Waals surface area contributed by atoms with Crippen molar-refractivity contribution in [2.75, 3.05) is 25.1 Å². The summed E-state index contributed by atoms with van der Waals surface area (Å²) in [5.74, 6) is 1.61. The van der Waals surface area contributed by atoms with Gasteiger partial charge in [0.15, 0.2) is 0 Å². The molecule has 1 aliphatic rings. The van der Waals surface area contributed by atoms with E-state index in [1.165, 1.54) is 11.1 Å². The highest BCUT2D eigenvalue weighted by Gasteiger charge is 2.34. The van der Waals surface area contributed by atoms with Crippen molar-refractivity contribution in [2.45, 2.75) is 45.4 Å². The van der Waals surface area contributed by atoms with Crippen molar-refractivity contribution in [1.29, 1.82) is 0 Å². The number of ether oxygens (including phenoxy) is 1. The summed E-state index contributed by atoms with van der Waals surface area (Å²) in [6, 6.07) is 13.0. The van der Waals surface area contributed by atoms with Crippen LogP contribution in [0.4, 0.5) is 5.82 Å². The molecule has 158 valence electrons. The number of hydrogen-bond acceptors (Lipinski definition) is 5. The average Bonchev–Trinajstić information content (AvgIpc) is 3.13. The van der Waals surface area contributed by atoms with Crippen molar-refractivity contribution < 1.29 is 4.74 Å².